The van der Waals surface area contributed by atoms with Crippen LogP contribution in [0.4, 0.5) is 11.4 Å². The molecule has 2 aromatic rings. The zero-order chi connectivity index (χ0) is 26.5. The Labute approximate surface area is 222 Å². The van der Waals surface area contributed by atoms with Crippen molar-refractivity contribution < 1.29 is 19.1 Å². The minimum atomic E-state index is -0.568. The number of aromatic nitrogens is 1. The minimum absolute atomic E-state index is 0.0208. The predicted octanol–water partition coefficient (Wildman–Crippen LogP) is 3.89. The number of rotatable bonds is 5. The normalized spacial score (nSPS) is 20.8. The minimum Gasteiger partial charge on any atom is -0.499 e. The van der Waals surface area contributed by atoms with Crippen molar-refractivity contribution in [3.05, 3.63) is 76.5 Å². The molecule has 1 unspecified atom stereocenters. The fraction of sp³-hybridized carbons (Fsp3) is 0.385. The molecule has 0 aliphatic carbocycles. The Morgan fingerprint density at radius 1 is 1.22 bits per heavy atom. The lowest BCUT2D eigenvalue weighted by atomic mass is 10.1. The summed E-state index contributed by atoms with van der Waals surface area (Å²) in [5.74, 6) is -0.832. The summed E-state index contributed by atoms with van der Waals surface area (Å²) in [7, 11) is 1.72. The van der Waals surface area contributed by atoms with E-state index >= 15 is 0 Å². The van der Waals surface area contributed by atoms with E-state index in [1.165, 1.54) is 27.8 Å². The van der Waals surface area contributed by atoms with Gasteiger partial charge in [0.15, 0.2) is 23.9 Å². The van der Waals surface area contributed by atoms with Crippen LogP contribution in [-0.4, -0.2) is 72.6 Å². The number of morpholine rings is 1. The Morgan fingerprint density at radius 2 is 1.86 bits per heavy atom. The van der Waals surface area contributed by atoms with Crippen LogP contribution < -0.4 is 15.7 Å². The number of anilines is 2. The molecular formula is C26H35ClN5O3S+. The molecule has 0 radical (unpaired) electrons. The number of quaternary nitrogens is 1. The van der Waals surface area contributed by atoms with Crippen molar-refractivity contribution in [3.63, 3.8) is 0 Å². The van der Waals surface area contributed by atoms with Crippen LogP contribution in [0, 0.1) is 12.3 Å². The third kappa shape index (κ3) is 5.64. The van der Waals surface area contributed by atoms with Crippen LogP contribution >= 0.6 is 24.2 Å². The molecule has 0 amide bonds. The van der Waals surface area contributed by atoms with Gasteiger partial charge >= 0.3 is 5.91 Å². The Balaban J connectivity index is 0.000000861. The molecule has 8 nitrogen and oxygen atoms in total. The van der Waals surface area contributed by atoms with Crippen molar-refractivity contribution in [2.75, 3.05) is 62.8 Å². The molecule has 0 bridgehead atoms. The van der Waals surface area contributed by atoms with E-state index in [1.54, 1.807) is 19.5 Å². The van der Waals surface area contributed by atoms with E-state index in [1.807, 2.05) is 6.07 Å². The molecular weight excluding hydrogens is 498 g/mol. The van der Waals surface area contributed by atoms with E-state index < -0.39 is 5.91 Å². The number of nitrogens with zero attached hydrogens (tertiary/aromatic N) is 3. The third-order valence-corrected chi connectivity index (χ3v) is 6.49. The quantitative estimate of drug-likeness (QED) is 0.117. The Morgan fingerprint density at radius 3 is 2.47 bits per heavy atom. The van der Waals surface area contributed by atoms with Gasteiger partial charge in [-0.25, -0.2) is 4.48 Å². The number of aliphatic hydroxyl groups is 1. The summed E-state index contributed by atoms with van der Waals surface area (Å²) in [6.07, 6.45) is 7.70. The predicted molar refractivity (Wildman–Crippen MR) is 148 cm³/mol. The molecule has 10 heteroatoms. The number of nitrogens with one attached hydrogen (secondary N) is 2. The van der Waals surface area contributed by atoms with Gasteiger partial charge < -0.3 is 20.1 Å². The van der Waals surface area contributed by atoms with Crippen molar-refractivity contribution >= 4 is 41.5 Å². The standard InChI is InChI=1S/C24H27N5O3.CH3Cl.CH4S/c1-16-3-5-17(6-4-16)11-19-14-29(19)15-21(29)22(30)24(31)28-13-18(12-20(26-2)23(28)25)27-7-9-32-10-8-27;2*1-2/h3-6,12-14,25-26H,7-11,15H2,1-2H3;1H3;2H,1H3/p+1/b22-21-,25-23?;;. The summed E-state index contributed by atoms with van der Waals surface area (Å²) in [5.41, 5.74) is 5.71. The van der Waals surface area contributed by atoms with Crippen molar-refractivity contribution in [1.82, 2.24) is 4.57 Å². The number of ether oxygens (including phenoxy) is 1. The largest absolute Gasteiger partial charge is 0.499 e. The van der Waals surface area contributed by atoms with E-state index in [2.05, 4.69) is 71.8 Å². The van der Waals surface area contributed by atoms with Crippen molar-refractivity contribution in [2.45, 2.75) is 13.3 Å². The SMILES string of the molecule is CCl.CNc1cc(N2CCOCC2)cn(C(=O)/C(O)=C2\C[N+]23C=C3Cc2ccc(C)cc2)c1=N.CS. The van der Waals surface area contributed by atoms with Gasteiger partial charge in [-0.3, -0.25) is 14.8 Å². The second-order valence-electron chi connectivity index (χ2n) is 8.59. The molecule has 2 fully saturated rings. The maximum absolute atomic E-state index is 13.2. The number of thiol groups is 1. The molecule has 5 rings (SSSR count). The molecule has 0 saturated carbocycles. The average molecular weight is 533 g/mol. The van der Waals surface area contributed by atoms with Gasteiger partial charge in [0, 0.05) is 32.7 Å². The van der Waals surface area contributed by atoms with E-state index in [-0.39, 0.29) is 11.2 Å². The van der Waals surface area contributed by atoms with Gasteiger partial charge in [0.25, 0.3) is 0 Å². The molecule has 1 aromatic heterocycles. The Kier molecular flexibility index (Phi) is 9.30. The number of benzene rings is 1. The number of aryl methyl sites for hydroxylation is 1. The summed E-state index contributed by atoms with van der Waals surface area (Å²) in [5, 5.41) is 22.3. The molecule has 1 atom stereocenters. The molecule has 3 N–H and O–H groups in total. The van der Waals surface area contributed by atoms with Crippen molar-refractivity contribution in [1.29, 1.82) is 5.41 Å². The van der Waals surface area contributed by atoms with E-state index in [9.17, 15) is 9.90 Å². The highest BCUT2D eigenvalue weighted by Crippen LogP contribution is 2.55. The number of carbonyl (C=O) groups excluding carboxylic acids is 1. The smallest absolute Gasteiger partial charge is 0.304 e. The average Bonchev–Trinajstić information content (AvgIpc) is 3.84. The highest BCUT2D eigenvalue weighted by atomic mass is 35.5. The highest BCUT2D eigenvalue weighted by Gasteiger charge is 2.66. The second-order valence-corrected chi connectivity index (χ2v) is 8.59. The summed E-state index contributed by atoms with van der Waals surface area (Å²) >= 11 is 8.17. The summed E-state index contributed by atoms with van der Waals surface area (Å²) < 4.78 is 7.16. The first-order valence-electron chi connectivity index (χ1n) is 11.7. The number of hydrogen-bond donors (Lipinski definition) is 4. The molecule has 3 aliphatic heterocycles. The first kappa shape index (κ1) is 27.9. The molecule has 1 spiro atoms. The highest BCUT2D eigenvalue weighted by molar-refractivity contribution is 7.79. The van der Waals surface area contributed by atoms with Crippen LogP contribution in [0.5, 0.6) is 0 Å². The lowest BCUT2D eigenvalue weighted by Gasteiger charge is -2.29. The fourth-order valence-corrected chi connectivity index (χ4v) is 4.35. The molecule has 4 heterocycles. The fourth-order valence-electron chi connectivity index (χ4n) is 4.35. The lowest BCUT2D eigenvalue weighted by Crippen LogP contribution is -2.38. The second kappa shape index (κ2) is 12.0. The van der Waals surface area contributed by atoms with E-state index in [4.69, 9.17) is 10.1 Å². The molecule has 1 aromatic carbocycles. The molecule has 2 saturated heterocycles. The van der Waals surface area contributed by atoms with Crippen LogP contribution in [0.25, 0.3) is 0 Å². The molecule has 36 heavy (non-hydrogen) atoms. The number of allylic oxidation sites excluding steroid dienone is 2. The van der Waals surface area contributed by atoms with Gasteiger partial charge in [-0.2, -0.15) is 12.6 Å². The van der Waals surface area contributed by atoms with Crippen molar-refractivity contribution in [3.8, 4) is 0 Å². The van der Waals surface area contributed by atoms with Gasteiger partial charge in [0.2, 0.25) is 11.5 Å². The third-order valence-electron chi connectivity index (χ3n) is 6.49. The number of halogens is 1. The number of carbonyl (C=O) groups is 1. The number of hydrogen-bond acceptors (Lipinski definition) is 7. The zero-order valence-corrected chi connectivity index (χ0v) is 22.9. The summed E-state index contributed by atoms with van der Waals surface area (Å²) in [4.78, 5) is 15.3. The Bertz CT molecular complexity index is 1220. The van der Waals surface area contributed by atoms with Gasteiger partial charge in [-0.05, 0) is 24.8 Å². The van der Waals surface area contributed by atoms with Crippen LogP contribution in [0.3, 0.4) is 0 Å². The van der Waals surface area contributed by atoms with Gasteiger partial charge in [-0.1, -0.05) is 29.8 Å². The van der Waals surface area contributed by atoms with E-state index in [0.717, 1.165) is 12.1 Å². The maximum atomic E-state index is 13.2. The maximum Gasteiger partial charge on any atom is 0.304 e. The van der Waals surface area contributed by atoms with Gasteiger partial charge in [0.05, 0.1) is 31.0 Å². The summed E-state index contributed by atoms with van der Waals surface area (Å²) in [6, 6.07) is 10.3. The lowest BCUT2D eigenvalue weighted by molar-refractivity contribution is -0.603. The Hall–Kier alpha value is -2.72. The monoisotopic (exact) mass is 532 g/mol. The van der Waals surface area contributed by atoms with Crippen LogP contribution in [0.1, 0.15) is 15.9 Å². The van der Waals surface area contributed by atoms with Gasteiger partial charge in [0.1, 0.15) is 0 Å². The van der Waals surface area contributed by atoms with Crippen molar-refractivity contribution in [2.24, 2.45) is 0 Å². The molecule has 3 aliphatic rings. The number of pyridine rings is 1. The first-order chi connectivity index (χ1) is 17.4. The van der Waals surface area contributed by atoms with Gasteiger partial charge in [-0.15, -0.1) is 11.6 Å². The van der Waals surface area contributed by atoms with Crippen LogP contribution in [0.15, 0.2) is 59.9 Å². The van der Waals surface area contributed by atoms with Crippen LogP contribution in [-0.2, 0) is 11.2 Å². The number of alkyl halides is 1. The first-order valence-corrected chi connectivity index (χ1v) is 13.4. The number of aliphatic hydroxyl groups excluding tert-OH is 1. The zero-order valence-electron chi connectivity index (χ0n) is 21.2. The van der Waals surface area contributed by atoms with E-state index in [0.29, 0.717) is 48.7 Å². The topological polar surface area (TPSA) is 90.6 Å². The van der Waals surface area contributed by atoms with Crippen LogP contribution in [0.2, 0.25) is 0 Å². The summed E-state index contributed by atoms with van der Waals surface area (Å²) in [6.45, 7) is 5.36. The molecule has 194 valence electrons.